The quantitative estimate of drug-likeness (QED) is 0.863. The monoisotopic (exact) mass is 270 g/mol. The van der Waals surface area contributed by atoms with Gasteiger partial charge in [0.1, 0.15) is 5.82 Å². The molecule has 2 fully saturated rings. The van der Waals surface area contributed by atoms with Crippen molar-refractivity contribution in [3.63, 3.8) is 0 Å². The first-order valence-electron chi connectivity index (χ1n) is 6.87. The maximum Gasteiger partial charge on any atom is 0.126 e. The fraction of sp³-hybridized carbons (Fsp3) is 0.769. The highest BCUT2D eigenvalue weighted by Gasteiger charge is 2.41. The maximum absolute atomic E-state index is 4.56. The average Bonchev–Trinajstić information content (AvgIpc) is 2.95. The Morgan fingerprint density at radius 3 is 2.44 bits per heavy atom. The van der Waals surface area contributed by atoms with Crippen molar-refractivity contribution >= 4 is 12.4 Å². The predicted octanol–water partition coefficient (Wildman–Crippen LogP) is 1.90. The van der Waals surface area contributed by atoms with E-state index in [1.54, 1.807) is 0 Å². The third-order valence-corrected chi connectivity index (χ3v) is 4.33. The summed E-state index contributed by atoms with van der Waals surface area (Å²) in [5.74, 6) is 1.18. The van der Waals surface area contributed by atoms with Crippen LogP contribution in [0.4, 0.5) is 0 Å². The number of likely N-dealkylation sites (tertiary alicyclic amines) is 1. The molecule has 1 aromatic rings. The van der Waals surface area contributed by atoms with E-state index in [2.05, 4.69) is 20.2 Å². The Labute approximate surface area is 115 Å². The zero-order valence-corrected chi connectivity index (χ0v) is 11.6. The molecule has 0 radical (unpaired) electrons. The lowest BCUT2D eigenvalue weighted by molar-refractivity contribution is 0.0295. The average molecular weight is 271 g/mol. The standard InChI is InChI=1S/C13H22N4.ClH/c1-2-10-17(11-3-1)13(4-6-14-7-5-13)12-15-8-9-16-12;/h8-9,14H,1-7,10-11H2,(H,15,16);1H. The molecule has 0 aromatic carbocycles. The Morgan fingerprint density at radius 1 is 1.11 bits per heavy atom. The lowest BCUT2D eigenvalue weighted by Gasteiger charge is -2.47. The molecule has 1 aromatic heterocycles. The van der Waals surface area contributed by atoms with Gasteiger partial charge in [-0.1, -0.05) is 6.42 Å². The van der Waals surface area contributed by atoms with E-state index >= 15 is 0 Å². The first-order valence-corrected chi connectivity index (χ1v) is 6.87. The van der Waals surface area contributed by atoms with E-state index in [1.165, 1.54) is 51.0 Å². The highest BCUT2D eigenvalue weighted by molar-refractivity contribution is 5.85. The van der Waals surface area contributed by atoms with Gasteiger partial charge >= 0.3 is 0 Å². The number of piperidine rings is 2. The topological polar surface area (TPSA) is 44.0 Å². The second-order valence-electron chi connectivity index (χ2n) is 5.27. The molecular weight excluding hydrogens is 248 g/mol. The number of aromatic nitrogens is 2. The smallest absolute Gasteiger partial charge is 0.126 e. The summed E-state index contributed by atoms with van der Waals surface area (Å²) in [7, 11) is 0. The van der Waals surface area contributed by atoms with Crippen LogP contribution in [-0.2, 0) is 5.54 Å². The van der Waals surface area contributed by atoms with Crippen LogP contribution in [0.15, 0.2) is 12.4 Å². The summed E-state index contributed by atoms with van der Waals surface area (Å²) >= 11 is 0. The molecule has 0 saturated carbocycles. The van der Waals surface area contributed by atoms with Gasteiger partial charge in [-0.3, -0.25) is 4.90 Å². The molecule has 0 spiro atoms. The number of imidazole rings is 1. The minimum atomic E-state index is 0. The lowest BCUT2D eigenvalue weighted by Crippen LogP contribution is -2.54. The van der Waals surface area contributed by atoms with Crippen molar-refractivity contribution in [2.75, 3.05) is 26.2 Å². The molecule has 0 amide bonds. The van der Waals surface area contributed by atoms with Gasteiger partial charge in [0, 0.05) is 12.4 Å². The van der Waals surface area contributed by atoms with Crippen LogP contribution >= 0.6 is 12.4 Å². The van der Waals surface area contributed by atoms with Gasteiger partial charge in [0.15, 0.2) is 0 Å². The Bertz CT molecular complexity index is 340. The number of H-pyrrole nitrogens is 1. The molecule has 0 aliphatic carbocycles. The highest BCUT2D eigenvalue weighted by atomic mass is 35.5. The second-order valence-corrected chi connectivity index (χ2v) is 5.27. The Hall–Kier alpha value is -0.580. The van der Waals surface area contributed by atoms with Gasteiger partial charge in [0.05, 0.1) is 5.54 Å². The molecule has 18 heavy (non-hydrogen) atoms. The van der Waals surface area contributed by atoms with Crippen molar-refractivity contribution in [1.82, 2.24) is 20.2 Å². The summed E-state index contributed by atoms with van der Waals surface area (Å²) in [4.78, 5) is 10.6. The molecule has 0 bridgehead atoms. The molecule has 2 N–H and O–H groups in total. The summed E-state index contributed by atoms with van der Waals surface area (Å²) in [6.45, 7) is 4.69. The molecular formula is C13H23ClN4. The molecule has 2 aliphatic heterocycles. The largest absolute Gasteiger partial charge is 0.347 e. The highest BCUT2D eigenvalue weighted by Crippen LogP contribution is 2.36. The number of hydrogen-bond donors (Lipinski definition) is 2. The van der Waals surface area contributed by atoms with E-state index < -0.39 is 0 Å². The lowest BCUT2D eigenvalue weighted by atomic mass is 9.84. The predicted molar refractivity (Wildman–Crippen MR) is 75.0 cm³/mol. The summed E-state index contributed by atoms with van der Waals surface area (Å²) < 4.78 is 0. The second kappa shape index (κ2) is 6.04. The van der Waals surface area contributed by atoms with Crippen molar-refractivity contribution in [3.8, 4) is 0 Å². The fourth-order valence-electron chi connectivity index (χ4n) is 3.38. The minimum Gasteiger partial charge on any atom is -0.347 e. The number of rotatable bonds is 2. The molecule has 3 heterocycles. The van der Waals surface area contributed by atoms with Gasteiger partial charge in [-0.05, 0) is 51.9 Å². The van der Waals surface area contributed by atoms with Crippen LogP contribution in [0.2, 0.25) is 0 Å². The van der Waals surface area contributed by atoms with Crippen molar-refractivity contribution in [3.05, 3.63) is 18.2 Å². The van der Waals surface area contributed by atoms with Crippen molar-refractivity contribution in [2.45, 2.75) is 37.6 Å². The fourth-order valence-corrected chi connectivity index (χ4v) is 3.38. The third kappa shape index (κ3) is 2.42. The summed E-state index contributed by atoms with van der Waals surface area (Å²) in [6, 6.07) is 0. The SMILES string of the molecule is Cl.c1c[nH]c(C2(N3CCCCC3)CCNCC2)n1. The van der Waals surface area contributed by atoms with E-state index in [4.69, 9.17) is 0 Å². The molecule has 2 saturated heterocycles. The minimum absolute atomic E-state index is 0. The van der Waals surface area contributed by atoms with E-state index in [-0.39, 0.29) is 17.9 Å². The van der Waals surface area contributed by atoms with Crippen LogP contribution in [0.5, 0.6) is 0 Å². The molecule has 0 atom stereocenters. The van der Waals surface area contributed by atoms with Crippen LogP contribution in [-0.4, -0.2) is 41.0 Å². The van der Waals surface area contributed by atoms with Gasteiger partial charge in [-0.2, -0.15) is 0 Å². The first-order chi connectivity index (χ1) is 8.42. The van der Waals surface area contributed by atoms with E-state index in [0.717, 1.165) is 13.1 Å². The van der Waals surface area contributed by atoms with Crippen molar-refractivity contribution < 1.29 is 0 Å². The van der Waals surface area contributed by atoms with Gasteiger partial charge in [0.2, 0.25) is 0 Å². The van der Waals surface area contributed by atoms with Crippen LogP contribution in [0.25, 0.3) is 0 Å². The number of nitrogens with one attached hydrogen (secondary N) is 2. The first kappa shape index (κ1) is 13.8. The zero-order valence-electron chi connectivity index (χ0n) is 10.8. The number of halogens is 1. The van der Waals surface area contributed by atoms with Crippen LogP contribution < -0.4 is 5.32 Å². The van der Waals surface area contributed by atoms with Crippen LogP contribution in [0.3, 0.4) is 0 Å². The normalized spacial score (nSPS) is 24.4. The number of hydrogen-bond acceptors (Lipinski definition) is 3. The Balaban J connectivity index is 0.00000120. The summed E-state index contributed by atoms with van der Waals surface area (Å²) in [6.07, 6.45) is 10.3. The number of aromatic amines is 1. The number of nitrogens with zero attached hydrogens (tertiary/aromatic N) is 2. The van der Waals surface area contributed by atoms with E-state index in [1.807, 2.05) is 12.4 Å². The molecule has 5 heteroatoms. The Morgan fingerprint density at radius 2 is 1.83 bits per heavy atom. The summed E-state index contributed by atoms with van der Waals surface area (Å²) in [5, 5.41) is 3.47. The van der Waals surface area contributed by atoms with Gasteiger partial charge in [-0.15, -0.1) is 12.4 Å². The summed E-state index contributed by atoms with van der Waals surface area (Å²) in [5.41, 5.74) is 0.176. The molecule has 0 unspecified atom stereocenters. The molecule has 4 nitrogen and oxygen atoms in total. The van der Waals surface area contributed by atoms with Crippen molar-refractivity contribution in [2.24, 2.45) is 0 Å². The molecule has 2 aliphatic rings. The zero-order chi connectivity index (χ0) is 11.6. The molecule has 102 valence electrons. The van der Waals surface area contributed by atoms with Crippen molar-refractivity contribution in [1.29, 1.82) is 0 Å². The van der Waals surface area contributed by atoms with E-state index in [9.17, 15) is 0 Å². The van der Waals surface area contributed by atoms with Gasteiger partial charge in [-0.25, -0.2) is 4.98 Å². The van der Waals surface area contributed by atoms with Crippen LogP contribution in [0.1, 0.15) is 37.9 Å². The molecule has 3 rings (SSSR count). The third-order valence-electron chi connectivity index (χ3n) is 4.33. The van der Waals surface area contributed by atoms with Gasteiger partial charge in [0.25, 0.3) is 0 Å². The van der Waals surface area contributed by atoms with Crippen LogP contribution in [0, 0.1) is 0 Å². The van der Waals surface area contributed by atoms with E-state index in [0.29, 0.717) is 0 Å². The maximum atomic E-state index is 4.56. The Kier molecular flexibility index (Phi) is 4.65. The van der Waals surface area contributed by atoms with Gasteiger partial charge < -0.3 is 10.3 Å².